The average Bonchev–Trinajstić information content (AvgIpc) is 2.75. The fraction of sp³-hybridized carbons (Fsp3) is 0.292. The molecule has 0 radical (unpaired) electrons. The zero-order valence-corrected chi connectivity index (χ0v) is 16.9. The van der Waals surface area contributed by atoms with Crippen molar-refractivity contribution in [3.05, 3.63) is 77.4 Å². The van der Waals surface area contributed by atoms with E-state index >= 15 is 0 Å². The van der Waals surface area contributed by atoms with Crippen LogP contribution in [-0.4, -0.2) is 31.0 Å². The van der Waals surface area contributed by atoms with Crippen molar-refractivity contribution in [2.45, 2.75) is 26.9 Å². The summed E-state index contributed by atoms with van der Waals surface area (Å²) in [6.45, 7) is 7.72. The van der Waals surface area contributed by atoms with E-state index in [0.29, 0.717) is 17.9 Å². The SMILES string of the molecule is CCN(CC)Cc1ccccc1CNC(=O)c1cc2ccccc2cc1OC. The Morgan fingerprint density at radius 3 is 2.18 bits per heavy atom. The Labute approximate surface area is 167 Å². The van der Waals surface area contributed by atoms with Crippen LogP contribution in [0, 0.1) is 0 Å². The number of nitrogens with zero attached hydrogens (tertiary/aromatic N) is 1. The van der Waals surface area contributed by atoms with Crippen molar-refractivity contribution in [1.29, 1.82) is 0 Å². The van der Waals surface area contributed by atoms with Gasteiger partial charge in [0, 0.05) is 13.1 Å². The van der Waals surface area contributed by atoms with Gasteiger partial charge in [-0.25, -0.2) is 0 Å². The molecule has 3 rings (SSSR count). The third-order valence-electron chi connectivity index (χ3n) is 5.16. The number of benzene rings is 3. The molecule has 3 aromatic rings. The van der Waals surface area contributed by atoms with Gasteiger partial charge >= 0.3 is 0 Å². The summed E-state index contributed by atoms with van der Waals surface area (Å²) in [5.41, 5.74) is 2.95. The summed E-state index contributed by atoms with van der Waals surface area (Å²) in [6, 6.07) is 20.1. The van der Waals surface area contributed by atoms with Crippen LogP contribution in [0.4, 0.5) is 0 Å². The molecule has 4 nitrogen and oxygen atoms in total. The minimum Gasteiger partial charge on any atom is -0.496 e. The lowest BCUT2D eigenvalue weighted by Crippen LogP contribution is -2.26. The minimum absolute atomic E-state index is 0.125. The largest absolute Gasteiger partial charge is 0.496 e. The van der Waals surface area contributed by atoms with Gasteiger partial charge < -0.3 is 10.1 Å². The molecule has 0 spiro atoms. The number of ether oxygens (including phenoxy) is 1. The van der Waals surface area contributed by atoms with E-state index < -0.39 is 0 Å². The number of hydrogen-bond donors (Lipinski definition) is 1. The monoisotopic (exact) mass is 376 g/mol. The van der Waals surface area contributed by atoms with Crippen LogP contribution in [0.1, 0.15) is 35.3 Å². The summed E-state index contributed by atoms with van der Waals surface area (Å²) in [5.74, 6) is 0.466. The lowest BCUT2D eigenvalue weighted by atomic mass is 10.0. The molecule has 0 saturated carbocycles. The van der Waals surface area contributed by atoms with E-state index in [4.69, 9.17) is 4.74 Å². The number of carbonyl (C=O) groups is 1. The molecule has 1 amide bonds. The molecular weight excluding hydrogens is 348 g/mol. The molecule has 146 valence electrons. The van der Waals surface area contributed by atoms with Crippen LogP contribution in [0.2, 0.25) is 0 Å². The van der Waals surface area contributed by atoms with Crippen LogP contribution < -0.4 is 10.1 Å². The van der Waals surface area contributed by atoms with Crippen LogP contribution in [0.25, 0.3) is 10.8 Å². The highest BCUT2D eigenvalue weighted by molar-refractivity contribution is 6.01. The van der Waals surface area contributed by atoms with Crippen LogP contribution in [0.5, 0.6) is 5.75 Å². The number of hydrogen-bond acceptors (Lipinski definition) is 3. The van der Waals surface area contributed by atoms with Crippen LogP contribution in [0.3, 0.4) is 0 Å². The van der Waals surface area contributed by atoms with E-state index in [0.717, 1.165) is 36.0 Å². The Kier molecular flexibility index (Phi) is 6.66. The Morgan fingerprint density at radius 2 is 1.54 bits per heavy atom. The summed E-state index contributed by atoms with van der Waals surface area (Å²) in [4.78, 5) is 15.3. The van der Waals surface area contributed by atoms with E-state index in [1.165, 1.54) is 5.56 Å². The molecule has 0 heterocycles. The molecule has 0 aliphatic rings. The van der Waals surface area contributed by atoms with Crippen molar-refractivity contribution in [2.24, 2.45) is 0 Å². The first-order valence-electron chi connectivity index (χ1n) is 9.80. The van der Waals surface area contributed by atoms with Gasteiger partial charge in [-0.15, -0.1) is 0 Å². The maximum atomic E-state index is 12.9. The molecule has 28 heavy (non-hydrogen) atoms. The number of nitrogens with one attached hydrogen (secondary N) is 1. The van der Waals surface area contributed by atoms with Crippen LogP contribution >= 0.6 is 0 Å². The molecule has 0 saturated heterocycles. The number of carbonyl (C=O) groups excluding carboxylic acids is 1. The summed E-state index contributed by atoms with van der Waals surface area (Å²) in [5, 5.41) is 5.15. The van der Waals surface area contributed by atoms with Crippen molar-refractivity contribution in [3.8, 4) is 5.75 Å². The maximum absolute atomic E-state index is 12.9. The summed E-state index contributed by atoms with van der Waals surface area (Å²) in [7, 11) is 1.60. The number of rotatable bonds is 8. The van der Waals surface area contributed by atoms with Gasteiger partial charge in [-0.3, -0.25) is 9.69 Å². The van der Waals surface area contributed by atoms with Gasteiger partial charge in [0.15, 0.2) is 0 Å². The van der Waals surface area contributed by atoms with Crippen molar-refractivity contribution in [1.82, 2.24) is 10.2 Å². The van der Waals surface area contributed by atoms with E-state index in [1.54, 1.807) is 7.11 Å². The number of amides is 1. The second kappa shape index (κ2) is 9.38. The molecule has 0 bridgehead atoms. The number of methoxy groups -OCH3 is 1. The molecule has 0 unspecified atom stereocenters. The number of fused-ring (bicyclic) bond motifs is 1. The van der Waals surface area contributed by atoms with Gasteiger partial charge in [-0.2, -0.15) is 0 Å². The fourth-order valence-electron chi connectivity index (χ4n) is 3.41. The third-order valence-corrected chi connectivity index (χ3v) is 5.16. The molecule has 0 aliphatic carbocycles. The van der Waals surface area contributed by atoms with Gasteiger partial charge in [0.05, 0.1) is 12.7 Å². The second-order valence-corrected chi connectivity index (χ2v) is 6.81. The Balaban J connectivity index is 1.79. The average molecular weight is 377 g/mol. The van der Waals surface area contributed by atoms with E-state index in [2.05, 4.69) is 42.3 Å². The molecule has 0 atom stereocenters. The van der Waals surface area contributed by atoms with Crippen molar-refractivity contribution in [2.75, 3.05) is 20.2 Å². The van der Waals surface area contributed by atoms with Gasteiger partial charge in [-0.1, -0.05) is 62.4 Å². The lowest BCUT2D eigenvalue weighted by Gasteiger charge is -2.20. The summed E-state index contributed by atoms with van der Waals surface area (Å²) < 4.78 is 5.46. The van der Waals surface area contributed by atoms with Crippen LogP contribution in [-0.2, 0) is 13.1 Å². The fourth-order valence-corrected chi connectivity index (χ4v) is 3.41. The molecule has 0 fully saturated rings. The molecule has 3 aromatic carbocycles. The zero-order chi connectivity index (χ0) is 19.9. The highest BCUT2D eigenvalue weighted by Crippen LogP contribution is 2.26. The van der Waals surface area contributed by atoms with E-state index in [-0.39, 0.29) is 5.91 Å². The maximum Gasteiger partial charge on any atom is 0.255 e. The summed E-state index contributed by atoms with van der Waals surface area (Å²) in [6.07, 6.45) is 0. The third kappa shape index (κ3) is 4.52. The van der Waals surface area contributed by atoms with Gasteiger partial charge in [0.2, 0.25) is 0 Å². The molecule has 1 N–H and O–H groups in total. The highest BCUT2D eigenvalue weighted by atomic mass is 16.5. The van der Waals surface area contributed by atoms with Gasteiger partial charge in [0.1, 0.15) is 5.75 Å². The summed E-state index contributed by atoms with van der Waals surface area (Å²) >= 11 is 0. The topological polar surface area (TPSA) is 41.6 Å². The van der Waals surface area contributed by atoms with Gasteiger partial charge in [-0.05, 0) is 47.1 Å². The van der Waals surface area contributed by atoms with E-state index in [1.807, 2.05) is 42.5 Å². The van der Waals surface area contributed by atoms with Crippen molar-refractivity contribution < 1.29 is 9.53 Å². The predicted octanol–water partition coefficient (Wildman–Crippen LogP) is 4.62. The minimum atomic E-state index is -0.125. The Hall–Kier alpha value is -2.85. The smallest absolute Gasteiger partial charge is 0.255 e. The van der Waals surface area contributed by atoms with Crippen molar-refractivity contribution >= 4 is 16.7 Å². The predicted molar refractivity (Wildman–Crippen MR) is 115 cm³/mol. The molecule has 0 aromatic heterocycles. The van der Waals surface area contributed by atoms with Gasteiger partial charge in [0.25, 0.3) is 5.91 Å². The second-order valence-electron chi connectivity index (χ2n) is 6.81. The zero-order valence-electron chi connectivity index (χ0n) is 16.9. The highest BCUT2D eigenvalue weighted by Gasteiger charge is 2.14. The first-order valence-corrected chi connectivity index (χ1v) is 9.80. The molecule has 0 aliphatic heterocycles. The quantitative estimate of drug-likeness (QED) is 0.624. The molecular formula is C24H28N2O2. The normalized spacial score (nSPS) is 11.0. The van der Waals surface area contributed by atoms with Crippen LogP contribution in [0.15, 0.2) is 60.7 Å². The Morgan fingerprint density at radius 1 is 0.929 bits per heavy atom. The lowest BCUT2D eigenvalue weighted by molar-refractivity contribution is 0.0948. The standard InChI is InChI=1S/C24H28N2O2/c1-4-26(5-2)17-21-13-9-8-12-20(21)16-25-24(27)22-14-18-10-6-7-11-19(18)15-23(22)28-3/h6-15H,4-5,16-17H2,1-3H3,(H,25,27). The Bertz CT molecular complexity index is 948. The first-order chi connectivity index (χ1) is 13.7. The first kappa shape index (κ1) is 19.9. The molecule has 4 heteroatoms. The van der Waals surface area contributed by atoms with Crippen molar-refractivity contribution in [3.63, 3.8) is 0 Å². The van der Waals surface area contributed by atoms with E-state index in [9.17, 15) is 4.79 Å².